The van der Waals surface area contributed by atoms with Crippen LogP contribution in [0.3, 0.4) is 0 Å². The predicted octanol–water partition coefficient (Wildman–Crippen LogP) is 3.60. The van der Waals surface area contributed by atoms with Crippen LogP contribution >= 0.6 is 0 Å². The van der Waals surface area contributed by atoms with E-state index in [0.717, 1.165) is 39.2 Å². The number of furan rings is 1. The molecule has 6 heteroatoms. The molecule has 0 aliphatic carbocycles. The molecule has 0 N–H and O–H groups in total. The number of pyridine rings is 1. The number of nitrogens with zero attached hydrogens (tertiary/aromatic N) is 5. The summed E-state index contributed by atoms with van der Waals surface area (Å²) in [6.07, 6.45) is 8.76. The summed E-state index contributed by atoms with van der Waals surface area (Å²) in [7, 11) is 0. The molecule has 24 heavy (non-hydrogen) atoms. The molecule has 0 unspecified atom stereocenters. The molecular weight excluding hydrogens is 302 g/mol. The molecular formula is C18H11N5O. The van der Waals surface area contributed by atoms with E-state index in [-0.39, 0.29) is 0 Å². The number of rotatable bonds is 2. The smallest absolute Gasteiger partial charge is 0.168 e. The van der Waals surface area contributed by atoms with E-state index in [2.05, 4.69) is 20.2 Å². The molecule has 0 radical (unpaired) electrons. The largest absolute Gasteiger partial charge is 0.472 e. The van der Waals surface area contributed by atoms with Crippen LogP contribution in [0.5, 0.6) is 0 Å². The van der Waals surface area contributed by atoms with E-state index in [1.54, 1.807) is 24.9 Å². The summed E-state index contributed by atoms with van der Waals surface area (Å²) in [6, 6.07) is 11.8. The van der Waals surface area contributed by atoms with Crippen molar-refractivity contribution in [1.29, 1.82) is 0 Å². The number of aromatic nitrogens is 5. The van der Waals surface area contributed by atoms with Crippen LogP contribution in [0.4, 0.5) is 0 Å². The molecule has 5 rings (SSSR count). The molecule has 0 bridgehead atoms. The summed E-state index contributed by atoms with van der Waals surface area (Å²) in [5, 5.41) is 8.59. The molecule has 0 atom stereocenters. The van der Waals surface area contributed by atoms with Crippen LogP contribution in [0.1, 0.15) is 0 Å². The van der Waals surface area contributed by atoms with Gasteiger partial charge >= 0.3 is 0 Å². The summed E-state index contributed by atoms with van der Waals surface area (Å²) in [5.74, 6) is 0.767. The highest BCUT2D eigenvalue weighted by molar-refractivity contribution is 5.80. The first-order valence-corrected chi connectivity index (χ1v) is 7.47. The van der Waals surface area contributed by atoms with Crippen molar-refractivity contribution < 1.29 is 4.42 Å². The van der Waals surface area contributed by atoms with E-state index in [4.69, 9.17) is 4.42 Å². The van der Waals surface area contributed by atoms with E-state index in [9.17, 15) is 0 Å². The lowest BCUT2D eigenvalue weighted by Gasteiger charge is -2.04. The monoisotopic (exact) mass is 313 g/mol. The van der Waals surface area contributed by atoms with E-state index in [1.165, 1.54) is 0 Å². The summed E-state index contributed by atoms with van der Waals surface area (Å²) in [6.45, 7) is 0. The molecule has 4 heterocycles. The molecule has 0 amide bonds. The Morgan fingerprint density at radius 1 is 0.792 bits per heavy atom. The van der Waals surface area contributed by atoms with Gasteiger partial charge < -0.3 is 4.42 Å². The number of hydrogen-bond acceptors (Lipinski definition) is 5. The zero-order chi connectivity index (χ0) is 15.9. The van der Waals surface area contributed by atoms with Crippen LogP contribution in [0.2, 0.25) is 0 Å². The Morgan fingerprint density at radius 3 is 2.54 bits per heavy atom. The third-order valence-corrected chi connectivity index (χ3v) is 3.98. The van der Waals surface area contributed by atoms with Gasteiger partial charge in [-0.25, -0.2) is 0 Å². The van der Waals surface area contributed by atoms with Crippen molar-refractivity contribution in [2.75, 3.05) is 0 Å². The van der Waals surface area contributed by atoms with Gasteiger partial charge in [0.2, 0.25) is 0 Å². The Morgan fingerprint density at radius 2 is 1.67 bits per heavy atom. The molecule has 114 valence electrons. The van der Waals surface area contributed by atoms with Gasteiger partial charge in [-0.05, 0) is 36.4 Å². The lowest BCUT2D eigenvalue weighted by atomic mass is 10.1. The highest BCUT2D eigenvalue weighted by Gasteiger charge is 2.11. The highest BCUT2D eigenvalue weighted by Crippen LogP contribution is 2.25. The predicted molar refractivity (Wildman–Crippen MR) is 89.2 cm³/mol. The zero-order valence-corrected chi connectivity index (χ0v) is 12.5. The molecule has 0 saturated carbocycles. The Kier molecular flexibility index (Phi) is 2.69. The SMILES string of the molecule is c1cnc2cc(-c3nnc4ccc(-c5ccoc5)cn34)ccc2n1. The second-order valence-corrected chi connectivity index (χ2v) is 5.44. The maximum absolute atomic E-state index is 5.17. The van der Waals surface area contributed by atoms with Gasteiger partial charge in [-0.2, -0.15) is 0 Å². The summed E-state index contributed by atoms with van der Waals surface area (Å²) in [4.78, 5) is 8.66. The van der Waals surface area contributed by atoms with Crippen LogP contribution in [0.15, 0.2) is 71.9 Å². The number of benzene rings is 1. The Labute approximate surface area is 136 Å². The minimum Gasteiger partial charge on any atom is -0.472 e. The van der Waals surface area contributed by atoms with E-state index < -0.39 is 0 Å². The Bertz CT molecular complexity index is 1160. The van der Waals surface area contributed by atoms with E-state index >= 15 is 0 Å². The maximum atomic E-state index is 5.17. The van der Waals surface area contributed by atoms with Gasteiger partial charge in [0.1, 0.15) is 0 Å². The Balaban J connectivity index is 1.71. The summed E-state index contributed by atoms with van der Waals surface area (Å²) in [5.41, 5.74) is 5.47. The van der Waals surface area contributed by atoms with Crippen LogP contribution in [-0.4, -0.2) is 24.6 Å². The van der Waals surface area contributed by atoms with Crippen LogP contribution in [0, 0.1) is 0 Å². The van der Waals surface area contributed by atoms with Crippen molar-refractivity contribution in [3.63, 3.8) is 0 Å². The van der Waals surface area contributed by atoms with Gasteiger partial charge in [0.15, 0.2) is 11.5 Å². The van der Waals surface area contributed by atoms with Crippen molar-refractivity contribution in [2.24, 2.45) is 0 Å². The third kappa shape index (κ3) is 1.97. The van der Waals surface area contributed by atoms with Crippen LogP contribution in [0.25, 0.3) is 39.2 Å². The molecule has 0 aliphatic rings. The first-order chi connectivity index (χ1) is 11.9. The molecule has 0 fully saturated rings. The van der Waals surface area contributed by atoms with E-state index in [0.29, 0.717) is 0 Å². The van der Waals surface area contributed by atoms with Gasteiger partial charge in [-0.3, -0.25) is 14.4 Å². The van der Waals surface area contributed by atoms with Crippen LogP contribution in [-0.2, 0) is 0 Å². The van der Waals surface area contributed by atoms with Gasteiger partial charge in [0.25, 0.3) is 0 Å². The van der Waals surface area contributed by atoms with E-state index in [1.807, 2.05) is 47.0 Å². The molecule has 6 nitrogen and oxygen atoms in total. The average molecular weight is 313 g/mol. The van der Waals surface area contributed by atoms with Crippen molar-refractivity contribution in [1.82, 2.24) is 24.6 Å². The van der Waals surface area contributed by atoms with Crippen LogP contribution < -0.4 is 0 Å². The minimum atomic E-state index is 0.767. The van der Waals surface area contributed by atoms with Gasteiger partial charge in [-0.15, -0.1) is 10.2 Å². The lowest BCUT2D eigenvalue weighted by molar-refractivity contribution is 0.568. The fourth-order valence-electron chi connectivity index (χ4n) is 2.79. The topological polar surface area (TPSA) is 69.1 Å². The molecule has 0 aliphatic heterocycles. The van der Waals surface area contributed by atoms with Crippen molar-refractivity contribution in [3.8, 4) is 22.5 Å². The van der Waals surface area contributed by atoms with Crippen molar-refractivity contribution in [2.45, 2.75) is 0 Å². The van der Waals surface area contributed by atoms with Gasteiger partial charge in [-0.1, -0.05) is 0 Å². The second-order valence-electron chi connectivity index (χ2n) is 5.44. The highest BCUT2D eigenvalue weighted by atomic mass is 16.3. The standard InChI is InChI=1S/C18H11N5O/c1-3-15-16(20-7-6-19-15)9-12(1)18-22-21-17-4-2-13(10-23(17)18)14-5-8-24-11-14/h1-11H. The fourth-order valence-corrected chi connectivity index (χ4v) is 2.79. The van der Waals surface area contributed by atoms with Gasteiger partial charge in [0, 0.05) is 35.3 Å². The zero-order valence-electron chi connectivity index (χ0n) is 12.5. The normalized spacial score (nSPS) is 11.3. The molecule has 0 spiro atoms. The summed E-state index contributed by atoms with van der Waals surface area (Å²) < 4.78 is 7.14. The number of hydrogen-bond donors (Lipinski definition) is 0. The van der Waals surface area contributed by atoms with Crippen molar-refractivity contribution in [3.05, 3.63) is 67.5 Å². The second kappa shape index (κ2) is 4.99. The first-order valence-electron chi connectivity index (χ1n) is 7.47. The minimum absolute atomic E-state index is 0.767. The van der Waals surface area contributed by atoms with Crippen molar-refractivity contribution >= 4 is 16.7 Å². The lowest BCUT2D eigenvalue weighted by Crippen LogP contribution is -1.91. The maximum Gasteiger partial charge on any atom is 0.168 e. The Hall–Kier alpha value is -3.54. The molecule has 5 aromatic rings. The number of fused-ring (bicyclic) bond motifs is 2. The van der Waals surface area contributed by atoms with Gasteiger partial charge in [0.05, 0.1) is 23.6 Å². The fraction of sp³-hybridized carbons (Fsp3) is 0. The average Bonchev–Trinajstić information content (AvgIpc) is 3.30. The first kappa shape index (κ1) is 13.0. The third-order valence-electron chi connectivity index (χ3n) is 3.98. The summed E-state index contributed by atoms with van der Waals surface area (Å²) >= 11 is 0. The molecule has 4 aromatic heterocycles. The quantitative estimate of drug-likeness (QED) is 0.498. The molecule has 0 saturated heterocycles. The molecule has 1 aromatic carbocycles.